The van der Waals surface area contributed by atoms with Crippen molar-refractivity contribution in [3.63, 3.8) is 0 Å². The number of rotatable bonds is 10. The van der Waals surface area contributed by atoms with Gasteiger partial charge in [0.25, 0.3) is 0 Å². The predicted octanol–water partition coefficient (Wildman–Crippen LogP) is 4.62. The number of likely N-dealkylation sites (N-methyl/N-ethyl adjacent to an activating group) is 1. The molecule has 0 spiro atoms. The largest absolute Gasteiger partial charge is 0.478 e. The molecule has 0 aliphatic carbocycles. The first-order chi connectivity index (χ1) is 14.9. The van der Waals surface area contributed by atoms with E-state index in [-0.39, 0.29) is 5.91 Å². The van der Waals surface area contributed by atoms with Gasteiger partial charge in [-0.1, -0.05) is 49.4 Å². The molecule has 1 heterocycles. The van der Waals surface area contributed by atoms with Crippen LogP contribution in [-0.2, 0) is 24.2 Å². The fourth-order valence-corrected chi connectivity index (χ4v) is 3.65. The number of amides is 1. The number of carbonyl (C=O) groups is 2. The first-order valence-electron chi connectivity index (χ1n) is 10.7. The molecule has 0 saturated heterocycles. The summed E-state index contributed by atoms with van der Waals surface area (Å²) < 4.78 is 2.03. The minimum atomic E-state index is -0.907. The van der Waals surface area contributed by atoms with Gasteiger partial charge in [-0.05, 0) is 60.6 Å². The summed E-state index contributed by atoms with van der Waals surface area (Å²) in [4.78, 5) is 25.5. The zero-order chi connectivity index (χ0) is 22.2. The minimum absolute atomic E-state index is 0.102. The van der Waals surface area contributed by atoms with Crippen molar-refractivity contribution in [1.29, 1.82) is 0 Å². The van der Waals surface area contributed by atoms with Crippen LogP contribution in [0.2, 0.25) is 0 Å². The molecule has 1 aromatic heterocycles. The van der Waals surface area contributed by atoms with Crippen LogP contribution in [0.4, 0.5) is 0 Å². The monoisotopic (exact) mass is 418 g/mol. The van der Waals surface area contributed by atoms with E-state index in [1.165, 1.54) is 5.56 Å². The zero-order valence-electron chi connectivity index (χ0n) is 18.2. The van der Waals surface area contributed by atoms with E-state index in [2.05, 4.69) is 25.1 Å². The van der Waals surface area contributed by atoms with Gasteiger partial charge in [-0.2, -0.15) is 0 Å². The summed E-state index contributed by atoms with van der Waals surface area (Å²) in [6.45, 7) is 3.18. The molecule has 0 aliphatic heterocycles. The fourth-order valence-electron chi connectivity index (χ4n) is 3.65. The fraction of sp³-hybridized carbons (Fsp3) is 0.308. The van der Waals surface area contributed by atoms with Crippen LogP contribution >= 0.6 is 0 Å². The maximum atomic E-state index is 12.7. The molecule has 1 unspecified atom stereocenters. The van der Waals surface area contributed by atoms with Crippen molar-refractivity contribution in [3.8, 4) is 0 Å². The number of nitrogens with zero attached hydrogens (tertiary/aromatic N) is 2. The Balaban J connectivity index is 1.51. The van der Waals surface area contributed by atoms with Gasteiger partial charge in [0.1, 0.15) is 6.54 Å². The SMILES string of the molecule is CC(CCc1cccn1CC(=O)N(C)CCc1ccccc1)c1ccc(C(=O)O)cc1. The molecule has 0 bridgehead atoms. The van der Waals surface area contributed by atoms with Crippen molar-refractivity contribution in [1.82, 2.24) is 9.47 Å². The standard InChI is InChI=1S/C26H30N2O3/c1-20(22-11-13-23(14-12-22)26(30)31)10-15-24-9-6-17-28(24)19-25(29)27(2)18-16-21-7-4-3-5-8-21/h3-9,11-14,17,20H,10,15-16,18-19H2,1-2H3,(H,30,31). The Labute approximate surface area is 183 Å². The summed E-state index contributed by atoms with van der Waals surface area (Å²) in [5.41, 5.74) is 3.80. The van der Waals surface area contributed by atoms with Gasteiger partial charge in [0.2, 0.25) is 5.91 Å². The number of hydrogen-bond acceptors (Lipinski definition) is 2. The number of aromatic nitrogens is 1. The molecular weight excluding hydrogens is 388 g/mol. The van der Waals surface area contributed by atoms with E-state index in [0.29, 0.717) is 24.6 Å². The molecule has 1 amide bonds. The number of carboxylic acid groups (broad SMARTS) is 1. The van der Waals surface area contributed by atoms with Crippen molar-refractivity contribution < 1.29 is 14.7 Å². The molecule has 3 aromatic rings. The normalized spacial score (nSPS) is 11.8. The summed E-state index contributed by atoms with van der Waals surface area (Å²) >= 11 is 0. The van der Waals surface area contributed by atoms with Crippen LogP contribution in [0.25, 0.3) is 0 Å². The van der Waals surface area contributed by atoms with Crippen molar-refractivity contribution >= 4 is 11.9 Å². The lowest BCUT2D eigenvalue weighted by Gasteiger charge is -2.19. The maximum Gasteiger partial charge on any atom is 0.335 e. The molecule has 0 fully saturated rings. The van der Waals surface area contributed by atoms with Gasteiger partial charge in [-0.3, -0.25) is 4.79 Å². The second kappa shape index (κ2) is 10.6. The van der Waals surface area contributed by atoms with Crippen LogP contribution in [0.15, 0.2) is 72.9 Å². The van der Waals surface area contributed by atoms with E-state index in [9.17, 15) is 9.59 Å². The molecule has 5 heteroatoms. The third kappa shape index (κ3) is 6.32. The number of benzene rings is 2. The van der Waals surface area contributed by atoms with Crippen LogP contribution < -0.4 is 0 Å². The van der Waals surface area contributed by atoms with Crippen molar-refractivity contribution in [2.45, 2.75) is 38.6 Å². The summed E-state index contributed by atoms with van der Waals surface area (Å²) in [6, 6.07) is 21.3. The predicted molar refractivity (Wildman–Crippen MR) is 122 cm³/mol. The van der Waals surface area contributed by atoms with Gasteiger partial charge >= 0.3 is 5.97 Å². The molecular formula is C26H30N2O3. The van der Waals surface area contributed by atoms with E-state index >= 15 is 0 Å². The van der Waals surface area contributed by atoms with Gasteiger partial charge < -0.3 is 14.6 Å². The second-order valence-corrected chi connectivity index (χ2v) is 8.05. The van der Waals surface area contributed by atoms with Gasteiger partial charge in [-0.25, -0.2) is 4.79 Å². The van der Waals surface area contributed by atoms with Crippen molar-refractivity contribution in [2.24, 2.45) is 0 Å². The van der Waals surface area contributed by atoms with Gasteiger partial charge in [0.15, 0.2) is 0 Å². The topological polar surface area (TPSA) is 62.5 Å². The Hall–Kier alpha value is -3.34. The molecule has 31 heavy (non-hydrogen) atoms. The molecule has 5 nitrogen and oxygen atoms in total. The van der Waals surface area contributed by atoms with Gasteiger partial charge in [0, 0.05) is 25.5 Å². The molecule has 0 aliphatic rings. The average Bonchev–Trinajstić information content (AvgIpc) is 3.23. The lowest BCUT2D eigenvalue weighted by molar-refractivity contribution is -0.130. The smallest absolute Gasteiger partial charge is 0.335 e. The zero-order valence-corrected chi connectivity index (χ0v) is 18.2. The van der Waals surface area contributed by atoms with E-state index in [1.54, 1.807) is 17.0 Å². The Bertz CT molecular complexity index is 993. The number of carbonyl (C=O) groups excluding carboxylic acids is 1. The lowest BCUT2D eigenvalue weighted by Crippen LogP contribution is -2.32. The van der Waals surface area contributed by atoms with Gasteiger partial charge in [0.05, 0.1) is 5.56 Å². The van der Waals surface area contributed by atoms with Crippen LogP contribution in [-0.4, -0.2) is 40.0 Å². The average molecular weight is 419 g/mol. The van der Waals surface area contributed by atoms with Crippen molar-refractivity contribution in [3.05, 3.63) is 95.3 Å². The van der Waals surface area contributed by atoms with Crippen LogP contribution in [0.1, 0.15) is 46.4 Å². The molecule has 0 saturated carbocycles. The van der Waals surface area contributed by atoms with E-state index in [1.807, 2.05) is 54.2 Å². The Morgan fingerprint density at radius 3 is 2.35 bits per heavy atom. The molecule has 0 radical (unpaired) electrons. The lowest BCUT2D eigenvalue weighted by atomic mass is 9.94. The highest BCUT2D eigenvalue weighted by atomic mass is 16.4. The quantitative estimate of drug-likeness (QED) is 0.522. The minimum Gasteiger partial charge on any atom is -0.478 e. The molecule has 1 atom stereocenters. The van der Waals surface area contributed by atoms with Crippen LogP contribution in [0.3, 0.4) is 0 Å². The second-order valence-electron chi connectivity index (χ2n) is 8.05. The molecule has 1 N–H and O–H groups in total. The highest BCUT2D eigenvalue weighted by Gasteiger charge is 2.13. The number of hydrogen-bond donors (Lipinski definition) is 1. The number of aromatic carboxylic acids is 1. The molecule has 3 rings (SSSR count). The highest BCUT2D eigenvalue weighted by molar-refractivity contribution is 5.87. The molecule has 2 aromatic carbocycles. The number of aryl methyl sites for hydroxylation is 1. The summed E-state index contributed by atoms with van der Waals surface area (Å²) in [5.74, 6) is -0.503. The first kappa shape index (κ1) is 22.3. The van der Waals surface area contributed by atoms with Gasteiger partial charge in [-0.15, -0.1) is 0 Å². The van der Waals surface area contributed by atoms with Crippen molar-refractivity contribution in [2.75, 3.05) is 13.6 Å². The Morgan fingerprint density at radius 2 is 1.68 bits per heavy atom. The maximum absolute atomic E-state index is 12.7. The first-order valence-corrected chi connectivity index (χ1v) is 10.7. The van der Waals surface area contributed by atoms with Crippen LogP contribution in [0.5, 0.6) is 0 Å². The number of carboxylic acids is 1. The third-order valence-electron chi connectivity index (χ3n) is 5.79. The molecule has 162 valence electrons. The van der Waals surface area contributed by atoms with Crippen LogP contribution in [0, 0.1) is 0 Å². The summed E-state index contributed by atoms with van der Waals surface area (Å²) in [6.07, 6.45) is 4.59. The highest BCUT2D eigenvalue weighted by Crippen LogP contribution is 2.22. The van der Waals surface area contributed by atoms with E-state index in [4.69, 9.17) is 5.11 Å². The third-order valence-corrected chi connectivity index (χ3v) is 5.79. The van der Waals surface area contributed by atoms with E-state index in [0.717, 1.165) is 30.5 Å². The Kier molecular flexibility index (Phi) is 7.65. The Morgan fingerprint density at radius 1 is 0.968 bits per heavy atom. The van der Waals surface area contributed by atoms with E-state index < -0.39 is 5.97 Å². The summed E-state index contributed by atoms with van der Waals surface area (Å²) in [5, 5.41) is 9.04. The summed E-state index contributed by atoms with van der Waals surface area (Å²) in [7, 11) is 1.86.